The van der Waals surface area contributed by atoms with Gasteiger partial charge < -0.3 is 15.3 Å². The third-order valence-corrected chi connectivity index (χ3v) is 5.10. The number of benzene rings is 1. The molecule has 2 unspecified atom stereocenters. The minimum absolute atomic E-state index is 0.0718. The Balaban J connectivity index is 1.89. The Morgan fingerprint density at radius 2 is 2.08 bits per heavy atom. The van der Waals surface area contributed by atoms with Crippen LogP contribution >= 0.6 is 11.8 Å². The van der Waals surface area contributed by atoms with E-state index >= 15 is 0 Å². The second kappa shape index (κ2) is 9.46. The highest BCUT2D eigenvalue weighted by molar-refractivity contribution is 7.99. The van der Waals surface area contributed by atoms with Crippen LogP contribution in [0.25, 0.3) is 0 Å². The molecule has 1 saturated heterocycles. The number of hydrogen-bond donors (Lipinski definition) is 2. The molecule has 1 aromatic rings. The van der Waals surface area contributed by atoms with Gasteiger partial charge in [-0.3, -0.25) is 9.59 Å². The van der Waals surface area contributed by atoms with Gasteiger partial charge >= 0.3 is 5.97 Å². The SMILES string of the molecule is CCSCCC(NC(=O)C1CC(=O)N(Cc2ccccc2)C1)C(=O)O. The fraction of sp³-hybridized carbons (Fsp3) is 0.500. The molecule has 1 aliphatic rings. The van der Waals surface area contributed by atoms with Crippen LogP contribution in [0.15, 0.2) is 30.3 Å². The number of carbonyl (C=O) groups excluding carboxylic acids is 2. The molecule has 25 heavy (non-hydrogen) atoms. The predicted octanol–water partition coefficient (Wildman–Crippen LogP) is 1.75. The number of nitrogens with one attached hydrogen (secondary N) is 1. The number of aliphatic carboxylic acids is 1. The molecule has 0 aliphatic carbocycles. The van der Waals surface area contributed by atoms with Gasteiger partial charge in [0.05, 0.1) is 5.92 Å². The summed E-state index contributed by atoms with van der Waals surface area (Å²) >= 11 is 1.64. The third kappa shape index (κ3) is 5.77. The molecule has 1 aliphatic heterocycles. The Morgan fingerprint density at radius 1 is 1.36 bits per heavy atom. The van der Waals surface area contributed by atoms with Crippen LogP contribution in [0, 0.1) is 5.92 Å². The molecule has 0 aromatic heterocycles. The molecule has 1 aromatic carbocycles. The number of carboxylic acid groups (broad SMARTS) is 1. The van der Waals surface area contributed by atoms with Crippen molar-refractivity contribution in [3.63, 3.8) is 0 Å². The Labute approximate surface area is 152 Å². The van der Waals surface area contributed by atoms with Crippen LogP contribution in [0.3, 0.4) is 0 Å². The van der Waals surface area contributed by atoms with Crippen LogP contribution in [0.1, 0.15) is 25.3 Å². The second-order valence-corrected chi connectivity index (χ2v) is 7.44. The first-order valence-electron chi connectivity index (χ1n) is 8.44. The van der Waals surface area contributed by atoms with Gasteiger partial charge in [0.25, 0.3) is 0 Å². The molecule has 6 nitrogen and oxygen atoms in total. The Kier molecular flexibility index (Phi) is 7.31. The lowest BCUT2D eigenvalue weighted by Gasteiger charge is -2.18. The Morgan fingerprint density at radius 3 is 2.72 bits per heavy atom. The highest BCUT2D eigenvalue weighted by Crippen LogP contribution is 2.20. The molecular weight excluding hydrogens is 340 g/mol. The summed E-state index contributed by atoms with van der Waals surface area (Å²) < 4.78 is 0. The van der Waals surface area contributed by atoms with E-state index in [4.69, 9.17) is 0 Å². The van der Waals surface area contributed by atoms with Crippen molar-refractivity contribution in [2.75, 3.05) is 18.1 Å². The van der Waals surface area contributed by atoms with Gasteiger partial charge in [0.2, 0.25) is 11.8 Å². The molecule has 1 fully saturated rings. The van der Waals surface area contributed by atoms with E-state index in [0.717, 1.165) is 11.3 Å². The highest BCUT2D eigenvalue weighted by atomic mass is 32.2. The number of nitrogens with zero attached hydrogens (tertiary/aromatic N) is 1. The van der Waals surface area contributed by atoms with E-state index in [1.807, 2.05) is 37.3 Å². The zero-order valence-corrected chi connectivity index (χ0v) is 15.1. The molecule has 0 spiro atoms. The molecule has 7 heteroatoms. The van der Waals surface area contributed by atoms with Gasteiger partial charge in [-0.1, -0.05) is 37.3 Å². The first kappa shape index (κ1) is 19.3. The minimum Gasteiger partial charge on any atom is -0.480 e. The number of rotatable bonds is 9. The lowest BCUT2D eigenvalue weighted by molar-refractivity contribution is -0.142. The molecule has 2 N–H and O–H groups in total. The van der Waals surface area contributed by atoms with Crippen LogP contribution in [0.2, 0.25) is 0 Å². The van der Waals surface area contributed by atoms with Gasteiger partial charge in [-0.15, -0.1) is 0 Å². The van der Waals surface area contributed by atoms with Crippen LogP contribution < -0.4 is 5.32 Å². The van der Waals surface area contributed by atoms with Crippen molar-refractivity contribution in [2.24, 2.45) is 5.92 Å². The highest BCUT2D eigenvalue weighted by Gasteiger charge is 2.35. The summed E-state index contributed by atoms with van der Waals surface area (Å²) in [6, 6.07) is 8.70. The molecular formula is C18H24N2O4S. The predicted molar refractivity (Wildman–Crippen MR) is 97.1 cm³/mol. The second-order valence-electron chi connectivity index (χ2n) is 6.05. The first-order chi connectivity index (χ1) is 12.0. The molecule has 0 radical (unpaired) electrons. The summed E-state index contributed by atoms with van der Waals surface area (Å²) in [5.41, 5.74) is 1.01. The van der Waals surface area contributed by atoms with Gasteiger partial charge in [0.1, 0.15) is 6.04 Å². The standard InChI is InChI=1S/C18H24N2O4S/c1-2-25-9-8-15(18(23)24)19-17(22)14-10-16(21)20(12-14)11-13-6-4-3-5-7-13/h3-7,14-15H,2,8-12H2,1H3,(H,19,22)(H,23,24). The van der Waals surface area contributed by atoms with E-state index in [0.29, 0.717) is 25.3 Å². The fourth-order valence-corrected chi connectivity index (χ4v) is 3.49. The average Bonchev–Trinajstić information content (AvgIpc) is 2.95. The molecule has 2 amide bonds. The Hall–Kier alpha value is -2.02. The van der Waals surface area contributed by atoms with E-state index in [9.17, 15) is 19.5 Å². The van der Waals surface area contributed by atoms with Crippen LogP contribution in [0.4, 0.5) is 0 Å². The van der Waals surface area contributed by atoms with Crippen molar-refractivity contribution in [2.45, 2.75) is 32.4 Å². The Bertz CT molecular complexity index is 608. The topological polar surface area (TPSA) is 86.7 Å². The van der Waals surface area contributed by atoms with Gasteiger partial charge in [-0.25, -0.2) is 4.79 Å². The van der Waals surface area contributed by atoms with E-state index in [-0.39, 0.29) is 18.2 Å². The maximum atomic E-state index is 12.4. The summed E-state index contributed by atoms with van der Waals surface area (Å²) in [5.74, 6) is -0.355. The summed E-state index contributed by atoms with van der Waals surface area (Å²) in [4.78, 5) is 37.5. The van der Waals surface area contributed by atoms with E-state index < -0.39 is 17.9 Å². The van der Waals surface area contributed by atoms with Gasteiger partial charge in [-0.05, 0) is 23.5 Å². The summed E-state index contributed by atoms with van der Waals surface area (Å²) in [6.45, 7) is 2.80. The molecule has 2 atom stereocenters. The smallest absolute Gasteiger partial charge is 0.326 e. The number of likely N-dealkylation sites (tertiary alicyclic amines) is 1. The van der Waals surface area contributed by atoms with Crippen molar-refractivity contribution in [1.29, 1.82) is 0 Å². The lowest BCUT2D eigenvalue weighted by atomic mass is 10.1. The molecule has 1 heterocycles. The minimum atomic E-state index is -1.03. The van der Waals surface area contributed by atoms with Crippen LogP contribution in [-0.2, 0) is 20.9 Å². The molecule has 136 valence electrons. The van der Waals surface area contributed by atoms with E-state index in [1.54, 1.807) is 16.7 Å². The van der Waals surface area contributed by atoms with Crippen LogP contribution in [-0.4, -0.2) is 51.9 Å². The van der Waals surface area contributed by atoms with E-state index in [2.05, 4.69) is 5.32 Å². The summed E-state index contributed by atoms with van der Waals surface area (Å²) in [6.07, 6.45) is 0.517. The zero-order valence-electron chi connectivity index (χ0n) is 14.3. The van der Waals surface area contributed by atoms with Crippen molar-refractivity contribution in [3.05, 3.63) is 35.9 Å². The van der Waals surface area contributed by atoms with Crippen molar-refractivity contribution in [3.8, 4) is 0 Å². The average molecular weight is 364 g/mol. The number of hydrogen-bond acceptors (Lipinski definition) is 4. The number of carbonyl (C=O) groups is 3. The van der Waals surface area contributed by atoms with Gasteiger partial charge in [0.15, 0.2) is 0 Å². The first-order valence-corrected chi connectivity index (χ1v) is 9.59. The zero-order chi connectivity index (χ0) is 18.2. The van der Waals surface area contributed by atoms with Crippen molar-refractivity contribution >= 4 is 29.5 Å². The van der Waals surface area contributed by atoms with E-state index in [1.165, 1.54) is 0 Å². The van der Waals surface area contributed by atoms with Gasteiger partial charge in [-0.2, -0.15) is 11.8 Å². The largest absolute Gasteiger partial charge is 0.480 e. The molecule has 0 bridgehead atoms. The third-order valence-electron chi connectivity index (χ3n) is 4.17. The lowest BCUT2D eigenvalue weighted by Crippen LogP contribution is -2.44. The summed E-state index contributed by atoms with van der Waals surface area (Å²) in [7, 11) is 0. The monoisotopic (exact) mass is 364 g/mol. The number of amides is 2. The maximum absolute atomic E-state index is 12.4. The normalized spacial score (nSPS) is 18.2. The van der Waals surface area contributed by atoms with Crippen molar-refractivity contribution < 1.29 is 19.5 Å². The number of carboxylic acids is 1. The summed E-state index contributed by atoms with van der Waals surface area (Å²) in [5, 5.41) is 11.9. The molecule has 2 rings (SSSR count). The fourth-order valence-electron chi connectivity index (χ4n) is 2.80. The number of thioether (sulfide) groups is 1. The molecule has 0 saturated carbocycles. The van der Waals surface area contributed by atoms with Crippen LogP contribution in [0.5, 0.6) is 0 Å². The quantitative estimate of drug-likeness (QED) is 0.652. The van der Waals surface area contributed by atoms with Gasteiger partial charge in [0, 0.05) is 19.5 Å². The maximum Gasteiger partial charge on any atom is 0.326 e. The van der Waals surface area contributed by atoms with Crippen molar-refractivity contribution in [1.82, 2.24) is 10.2 Å².